The van der Waals surface area contributed by atoms with Gasteiger partial charge in [-0.1, -0.05) is 26.7 Å². The van der Waals surface area contributed by atoms with Crippen LogP contribution in [0.2, 0.25) is 0 Å². The first-order chi connectivity index (χ1) is 8.96. The number of nitrogens with one attached hydrogen (secondary N) is 1. The fourth-order valence-electron chi connectivity index (χ4n) is 3.28. The molecule has 2 aliphatic rings. The summed E-state index contributed by atoms with van der Waals surface area (Å²) in [6.45, 7) is 6.94. The fraction of sp³-hybridized carbons (Fsp3) is 0.867. The molecule has 0 aliphatic heterocycles. The second kappa shape index (κ2) is 5.13. The number of hydrogen-bond donors (Lipinski definition) is 1. The van der Waals surface area contributed by atoms with Crippen LogP contribution >= 0.6 is 0 Å². The molecule has 2 atom stereocenters. The monoisotopic (exact) mass is 264 g/mol. The van der Waals surface area contributed by atoms with E-state index in [4.69, 9.17) is 4.74 Å². The van der Waals surface area contributed by atoms with Gasteiger partial charge in [-0.05, 0) is 26.2 Å². The number of rotatable bonds is 4. The molecule has 2 fully saturated rings. The first kappa shape index (κ1) is 14.3. The van der Waals surface area contributed by atoms with Crippen LogP contribution in [0.25, 0.3) is 0 Å². The van der Waals surface area contributed by atoms with Crippen LogP contribution in [0.5, 0.6) is 0 Å². The molecule has 4 heteroatoms. The molecule has 0 heterocycles. The van der Waals surface area contributed by atoms with Gasteiger partial charge in [0.25, 0.3) is 0 Å². The van der Waals surface area contributed by atoms with E-state index in [1.165, 1.54) is 0 Å². The lowest BCUT2D eigenvalue weighted by molar-refractivity contribution is -0.142. The van der Waals surface area contributed by atoms with Crippen molar-refractivity contribution in [1.82, 2.24) is 5.32 Å². The zero-order valence-electron chi connectivity index (χ0n) is 12.2. The van der Waals surface area contributed by atoms with Gasteiger partial charge < -0.3 is 10.1 Å². The lowest BCUT2D eigenvalue weighted by Crippen LogP contribution is -2.63. The molecule has 0 aromatic heterocycles. The molecule has 0 radical (unpaired) electrons. The Bertz CT molecular complexity index is 391. The molecular formula is C15H24N2O2. The van der Waals surface area contributed by atoms with Gasteiger partial charge >= 0.3 is 0 Å². The van der Waals surface area contributed by atoms with Crippen LogP contribution in [0.3, 0.4) is 0 Å². The molecule has 4 nitrogen and oxygen atoms in total. The van der Waals surface area contributed by atoms with Crippen molar-refractivity contribution in [1.29, 1.82) is 5.26 Å². The van der Waals surface area contributed by atoms with Gasteiger partial charge in [0.05, 0.1) is 12.2 Å². The van der Waals surface area contributed by atoms with Crippen molar-refractivity contribution in [3.63, 3.8) is 0 Å². The number of carbonyl (C=O) groups is 1. The molecular weight excluding hydrogens is 240 g/mol. The quantitative estimate of drug-likeness (QED) is 0.848. The van der Waals surface area contributed by atoms with Crippen molar-refractivity contribution < 1.29 is 9.53 Å². The van der Waals surface area contributed by atoms with Crippen molar-refractivity contribution in [2.24, 2.45) is 10.8 Å². The Labute approximate surface area is 115 Å². The van der Waals surface area contributed by atoms with E-state index in [1.807, 2.05) is 6.92 Å². The van der Waals surface area contributed by atoms with Crippen LogP contribution in [0.15, 0.2) is 0 Å². The SMILES string of the molecule is CCO[C@H]1C[C@H](NC(=O)C2(C#N)CCCC2)C1(C)C. The number of nitrogens with zero attached hydrogens (tertiary/aromatic N) is 1. The van der Waals surface area contributed by atoms with Crippen molar-refractivity contribution in [3.05, 3.63) is 0 Å². The Balaban J connectivity index is 1.96. The highest BCUT2D eigenvalue weighted by Crippen LogP contribution is 2.44. The summed E-state index contributed by atoms with van der Waals surface area (Å²) >= 11 is 0. The van der Waals surface area contributed by atoms with Crippen LogP contribution < -0.4 is 5.32 Å². The van der Waals surface area contributed by atoms with Crippen molar-refractivity contribution in [2.75, 3.05) is 6.61 Å². The topological polar surface area (TPSA) is 62.1 Å². The lowest BCUT2D eigenvalue weighted by atomic mass is 9.64. The predicted molar refractivity (Wildman–Crippen MR) is 72.3 cm³/mol. The van der Waals surface area contributed by atoms with E-state index in [2.05, 4.69) is 25.2 Å². The molecule has 1 N–H and O–H groups in total. The second-order valence-corrected chi connectivity index (χ2v) is 6.43. The third-order valence-electron chi connectivity index (χ3n) is 4.96. The molecule has 0 spiro atoms. The summed E-state index contributed by atoms with van der Waals surface area (Å²) in [5.74, 6) is -0.0690. The summed E-state index contributed by atoms with van der Waals surface area (Å²) in [6, 6.07) is 2.38. The number of carbonyl (C=O) groups excluding carboxylic acids is 1. The Hall–Kier alpha value is -1.08. The van der Waals surface area contributed by atoms with Crippen LogP contribution in [0.1, 0.15) is 52.9 Å². The number of ether oxygens (including phenoxy) is 1. The largest absolute Gasteiger partial charge is 0.378 e. The molecule has 19 heavy (non-hydrogen) atoms. The minimum atomic E-state index is -0.771. The van der Waals surface area contributed by atoms with Gasteiger partial charge in [-0.2, -0.15) is 5.26 Å². The highest BCUT2D eigenvalue weighted by molar-refractivity contribution is 5.86. The lowest BCUT2D eigenvalue weighted by Gasteiger charge is -2.52. The van der Waals surface area contributed by atoms with Gasteiger partial charge in [0.2, 0.25) is 5.91 Å². The van der Waals surface area contributed by atoms with Gasteiger partial charge in [0.1, 0.15) is 5.41 Å². The van der Waals surface area contributed by atoms with Gasteiger partial charge in [-0.25, -0.2) is 0 Å². The third kappa shape index (κ3) is 2.36. The summed E-state index contributed by atoms with van der Waals surface area (Å²) < 4.78 is 5.67. The Morgan fingerprint density at radius 1 is 1.42 bits per heavy atom. The van der Waals surface area contributed by atoms with E-state index in [0.717, 1.165) is 19.3 Å². The summed E-state index contributed by atoms with van der Waals surface area (Å²) in [7, 11) is 0. The highest BCUT2D eigenvalue weighted by Gasteiger charge is 2.52. The minimum Gasteiger partial charge on any atom is -0.378 e. The first-order valence-corrected chi connectivity index (χ1v) is 7.30. The van der Waals surface area contributed by atoms with E-state index in [1.54, 1.807) is 0 Å². The third-order valence-corrected chi connectivity index (χ3v) is 4.96. The molecule has 1 amide bonds. The zero-order valence-corrected chi connectivity index (χ0v) is 12.2. The van der Waals surface area contributed by atoms with Crippen molar-refractivity contribution >= 4 is 5.91 Å². The maximum Gasteiger partial charge on any atom is 0.240 e. The van der Waals surface area contributed by atoms with Gasteiger partial charge in [0.15, 0.2) is 0 Å². The molecule has 0 aromatic rings. The second-order valence-electron chi connectivity index (χ2n) is 6.43. The molecule has 0 bridgehead atoms. The van der Waals surface area contributed by atoms with E-state index in [-0.39, 0.29) is 23.5 Å². The van der Waals surface area contributed by atoms with E-state index in [9.17, 15) is 10.1 Å². The van der Waals surface area contributed by atoms with Crippen molar-refractivity contribution in [2.45, 2.75) is 65.0 Å². The summed E-state index contributed by atoms with van der Waals surface area (Å²) in [6.07, 6.45) is 4.44. The van der Waals surface area contributed by atoms with Crippen LogP contribution in [-0.2, 0) is 9.53 Å². The standard InChI is InChI=1S/C15H24N2O2/c1-4-19-12-9-11(14(12,2)3)17-13(18)15(10-16)7-5-6-8-15/h11-12H,4-9H2,1-3H3,(H,17,18)/t11-,12-/m0/s1. The van der Waals surface area contributed by atoms with Crippen molar-refractivity contribution in [3.8, 4) is 6.07 Å². The predicted octanol–water partition coefficient (Wildman–Crippen LogP) is 2.39. The summed E-state index contributed by atoms with van der Waals surface area (Å²) in [5.41, 5.74) is -0.812. The smallest absolute Gasteiger partial charge is 0.240 e. The van der Waals surface area contributed by atoms with Gasteiger partial charge in [0, 0.05) is 18.1 Å². The molecule has 2 rings (SSSR count). The molecule has 0 aromatic carbocycles. The maximum atomic E-state index is 12.4. The Morgan fingerprint density at radius 2 is 2.05 bits per heavy atom. The Kier molecular flexibility index (Phi) is 3.87. The van der Waals surface area contributed by atoms with E-state index < -0.39 is 5.41 Å². The summed E-state index contributed by atoms with van der Waals surface area (Å²) in [5, 5.41) is 12.4. The summed E-state index contributed by atoms with van der Waals surface area (Å²) in [4.78, 5) is 12.4. The molecule has 0 saturated heterocycles. The number of amides is 1. The van der Waals surface area contributed by atoms with E-state index >= 15 is 0 Å². The molecule has 2 saturated carbocycles. The molecule has 0 unspecified atom stereocenters. The van der Waals surface area contributed by atoms with Crippen LogP contribution in [-0.4, -0.2) is 24.7 Å². The van der Waals surface area contributed by atoms with Crippen LogP contribution in [0.4, 0.5) is 0 Å². The fourth-order valence-corrected chi connectivity index (χ4v) is 3.28. The molecule has 2 aliphatic carbocycles. The average Bonchev–Trinajstić information content (AvgIpc) is 2.87. The number of nitriles is 1. The maximum absolute atomic E-state index is 12.4. The molecule has 106 valence electrons. The van der Waals surface area contributed by atoms with Gasteiger partial charge in [-0.3, -0.25) is 4.79 Å². The normalized spacial score (nSPS) is 31.3. The number of hydrogen-bond acceptors (Lipinski definition) is 3. The highest BCUT2D eigenvalue weighted by atomic mass is 16.5. The minimum absolute atomic E-state index is 0.0408. The van der Waals surface area contributed by atoms with Gasteiger partial charge in [-0.15, -0.1) is 0 Å². The van der Waals surface area contributed by atoms with E-state index in [0.29, 0.717) is 19.4 Å². The first-order valence-electron chi connectivity index (χ1n) is 7.30. The average molecular weight is 264 g/mol. The zero-order chi connectivity index (χ0) is 14.1. The van der Waals surface area contributed by atoms with Crippen LogP contribution in [0, 0.1) is 22.2 Å². The Morgan fingerprint density at radius 3 is 2.53 bits per heavy atom.